The third-order valence-electron chi connectivity index (χ3n) is 5.11. The second-order valence-electron chi connectivity index (χ2n) is 8.04. The summed E-state index contributed by atoms with van der Waals surface area (Å²) in [4.78, 5) is 23.5. The molecule has 10 nitrogen and oxygen atoms in total. The molecule has 4 N–H and O–H groups in total. The van der Waals surface area contributed by atoms with Gasteiger partial charge in [-0.3, -0.25) is 9.59 Å². The molecule has 0 aromatic heterocycles. The van der Waals surface area contributed by atoms with Crippen LogP contribution in [0.5, 0.6) is 23.0 Å². The zero-order valence-corrected chi connectivity index (χ0v) is 25.4. The monoisotopic (exact) mass is 705 g/mol. The molecule has 4 aromatic rings. The van der Waals surface area contributed by atoms with Gasteiger partial charge in [-0.2, -0.15) is 10.2 Å². The van der Waals surface area contributed by atoms with E-state index in [0.717, 1.165) is 12.4 Å². The molecular weight excluding hydrogens is 689 g/mol. The maximum atomic E-state index is 11.8. The van der Waals surface area contributed by atoms with Crippen LogP contribution in [0.25, 0.3) is 0 Å². The Kier molecular flexibility index (Phi) is 13.6. The van der Waals surface area contributed by atoms with Gasteiger partial charge in [0.05, 0.1) is 23.6 Å². The van der Waals surface area contributed by atoms with E-state index >= 15 is 0 Å². The molecule has 223 valence electrons. The fraction of sp³-hybridized carbons (Fsp3) is 0. The van der Waals surface area contributed by atoms with Crippen molar-refractivity contribution in [2.75, 3.05) is 0 Å². The average Bonchev–Trinajstić information content (AvgIpc) is 2.94. The number of benzene rings is 4. The molecule has 0 spiro atoms. The quantitative estimate of drug-likeness (QED) is 0.161. The summed E-state index contributed by atoms with van der Waals surface area (Å²) in [6.07, 6.45) is 2.27. The molecule has 0 aliphatic carbocycles. The summed E-state index contributed by atoms with van der Waals surface area (Å²) in [6.45, 7) is 0. The summed E-state index contributed by atoms with van der Waals surface area (Å²) in [5, 5.41) is 50.2. The number of carbonyl (C=O) groups excluding carboxylic acids is 2. The minimum absolute atomic E-state index is 0. The van der Waals surface area contributed by atoms with E-state index in [9.17, 15) is 30.0 Å². The van der Waals surface area contributed by atoms with Crippen LogP contribution in [0, 0.1) is 0 Å². The molecule has 0 saturated heterocycles. The third-order valence-corrected chi connectivity index (χ3v) is 6.11. The molecule has 0 fully saturated rings. The van der Waals surface area contributed by atoms with Crippen molar-refractivity contribution in [1.82, 2.24) is 10.9 Å². The molecule has 15 heteroatoms. The first-order valence-corrected chi connectivity index (χ1v) is 13.0. The van der Waals surface area contributed by atoms with E-state index in [4.69, 9.17) is 46.4 Å². The Morgan fingerprint density at radius 3 is 1.35 bits per heavy atom. The van der Waals surface area contributed by atoms with Crippen molar-refractivity contribution in [2.45, 2.75) is 0 Å². The standard InChI is InChI=1S/2C14H10Cl2N2O3.Co/c2*15-9-5-8(13(20)11(16)6-9)7-17-18-14(21)10-3-1-2-4-12(10)19;/h2*1-7,19-20H,(H,18,21);/q;;+2/p-2. The molecule has 43 heavy (non-hydrogen) atoms. The molecule has 0 unspecified atom stereocenters. The Morgan fingerprint density at radius 2 is 1.00 bits per heavy atom. The first-order chi connectivity index (χ1) is 20.0. The van der Waals surface area contributed by atoms with Gasteiger partial charge in [-0.25, -0.2) is 10.9 Å². The van der Waals surface area contributed by atoms with Crippen LogP contribution in [0.4, 0.5) is 0 Å². The SMILES string of the molecule is O=C(NN=Cc1cc(Cl)cc(Cl)c1[O-])c1ccccc1O.O=C(NN=Cc1cc(Cl)cc(Cl)c1[O-])c1ccccc1O.[Co+2]. The van der Waals surface area contributed by atoms with Crippen LogP contribution in [0.3, 0.4) is 0 Å². The van der Waals surface area contributed by atoms with Gasteiger partial charge < -0.3 is 20.4 Å². The largest absolute Gasteiger partial charge is 2.00 e. The number of aromatic hydroxyl groups is 2. The van der Waals surface area contributed by atoms with Crippen molar-refractivity contribution in [3.8, 4) is 23.0 Å². The van der Waals surface area contributed by atoms with E-state index in [0.29, 0.717) is 0 Å². The van der Waals surface area contributed by atoms with Crippen molar-refractivity contribution in [1.29, 1.82) is 0 Å². The van der Waals surface area contributed by atoms with Gasteiger partial charge in [0.2, 0.25) is 0 Å². The molecule has 0 aliphatic heterocycles. The van der Waals surface area contributed by atoms with E-state index in [2.05, 4.69) is 21.1 Å². The number of hydrazone groups is 2. The van der Waals surface area contributed by atoms with Crippen LogP contribution in [0.1, 0.15) is 31.8 Å². The maximum absolute atomic E-state index is 11.8. The Balaban J connectivity index is 0.000000293. The fourth-order valence-electron chi connectivity index (χ4n) is 3.12. The van der Waals surface area contributed by atoms with Gasteiger partial charge in [-0.1, -0.05) is 82.2 Å². The van der Waals surface area contributed by atoms with E-state index < -0.39 is 23.3 Å². The summed E-state index contributed by atoms with van der Waals surface area (Å²) >= 11 is 22.9. The second kappa shape index (κ2) is 16.6. The average molecular weight is 707 g/mol. The van der Waals surface area contributed by atoms with Crippen LogP contribution < -0.4 is 21.1 Å². The van der Waals surface area contributed by atoms with Gasteiger partial charge in [0, 0.05) is 20.1 Å². The second-order valence-corrected chi connectivity index (χ2v) is 9.73. The van der Waals surface area contributed by atoms with Crippen LogP contribution in [-0.4, -0.2) is 34.5 Å². The van der Waals surface area contributed by atoms with Gasteiger partial charge in [0.1, 0.15) is 11.5 Å². The Bertz CT molecular complexity index is 1560. The maximum Gasteiger partial charge on any atom is 2.00 e. The minimum Gasteiger partial charge on any atom is -0.871 e. The van der Waals surface area contributed by atoms with E-state index in [1.54, 1.807) is 24.3 Å². The predicted molar refractivity (Wildman–Crippen MR) is 158 cm³/mol. The third kappa shape index (κ3) is 10.1. The van der Waals surface area contributed by atoms with Crippen molar-refractivity contribution < 1.29 is 46.8 Å². The Hall–Kier alpha value is -3.97. The van der Waals surface area contributed by atoms with Crippen LogP contribution in [0.2, 0.25) is 20.1 Å². The summed E-state index contributed by atoms with van der Waals surface area (Å²) in [5.41, 5.74) is 4.83. The van der Waals surface area contributed by atoms with Crippen molar-refractivity contribution in [3.05, 3.63) is 115 Å². The molecular formula is C28H18Cl4CoN4O6. The molecule has 1 radical (unpaired) electrons. The molecule has 0 bridgehead atoms. The predicted octanol–water partition coefficient (Wildman–Crippen LogP) is 5.07. The summed E-state index contributed by atoms with van der Waals surface area (Å²) in [7, 11) is 0. The minimum atomic E-state index is -0.607. The summed E-state index contributed by atoms with van der Waals surface area (Å²) < 4.78 is 0. The molecule has 0 atom stereocenters. The molecule has 0 heterocycles. The number of phenolic OH excluding ortho intramolecular Hbond substituents is 2. The molecule has 0 saturated carbocycles. The number of rotatable bonds is 6. The van der Waals surface area contributed by atoms with Crippen molar-refractivity contribution in [2.24, 2.45) is 10.2 Å². The normalized spacial score (nSPS) is 10.5. The van der Waals surface area contributed by atoms with Crippen LogP contribution >= 0.6 is 46.4 Å². The number of nitrogens with one attached hydrogen (secondary N) is 2. The van der Waals surface area contributed by atoms with E-state index in [1.807, 2.05) is 0 Å². The number of nitrogens with zero attached hydrogens (tertiary/aromatic N) is 2. The number of amides is 2. The molecule has 2 amide bonds. The topological polar surface area (TPSA) is 169 Å². The number of para-hydroxylation sites is 2. The molecule has 0 aliphatic rings. The Labute approximate surface area is 275 Å². The fourth-order valence-corrected chi connectivity index (χ4v) is 4.14. The number of hydrogen-bond donors (Lipinski definition) is 4. The zero-order chi connectivity index (χ0) is 30.8. The zero-order valence-electron chi connectivity index (χ0n) is 21.3. The first-order valence-electron chi connectivity index (χ1n) is 11.5. The summed E-state index contributed by atoms with van der Waals surface area (Å²) in [5.74, 6) is -2.43. The van der Waals surface area contributed by atoms with Crippen LogP contribution in [-0.2, 0) is 16.8 Å². The van der Waals surface area contributed by atoms with Gasteiger partial charge >= 0.3 is 16.8 Å². The van der Waals surface area contributed by atoms with Gasteiger partial charge in [0.25, 0.3) is 11.8 Å². The smallest absolute Gasteiger partial charge is 0.871 e. The van der Waals surface area contributed by atoms with Gasteiger partial charge in [0.15, 0.2) is 0 Å². The number of carbonyl (C=O) groups is 2. The van der Waals surface area contributed by atoms with E-state index in [1.165, 1.54) is 48.5 Å². The first kappa shape index (κ1) is 35.2. The van der Waals surface area contributed by atoms with Gasteiger partial charge in [-0.15, -0.1) is 0 Å². The number of halogens is 4. The number of phenols is 2. The van der Waals surface area contributed by atoms with Crippen molar-refractivity contribution >= 4 is 70.6 Å². The number of hydrogen-bond acceptors (Lipinski definition) is 8. The summed E-state index contributed by atoms with van der Waals surface area (Å²) in [6, 6.07) is 17.4. The van der Waals surface area contributed by atoms with Crippen molar-refractivity contribution in [3.63, 3.8) is 0 Å². The van der Waals surface area contributed by atoms with Crippen LogP contribution in [0.15, 0.2) is 83.0 Å². The molecule has 4 rings (SSSR count). The Morgan fingerprint density at radius 1 is 0.651 bits per heavy atom. The van der Waals surface area contributed by atoms with E-state index in [-0.39, 0.29) is 70.6 Å². The van der Waals surface area contributed by atoms with Gasteiger partial charge in [-0.05, 0) is 59.7 Å². The molecule has 4 aromatic carbocycles.